The molecule has 0 saturated carbocycles. The van der Waals surface area contributed by atoms with Crippen molar-refractivity contribution in [1.82, 2.24) is 0 Å². The summed E-state index contributed by atoms with van der Waals surface area (Å²) in [5.41, 5.74) is 0.928. The summed E-state index contributed by atoms with van der Waals surface area (Å²) in [4.78, 5) is 13.3. The van der Waals surface area contributed by atoms with E-state index in [1.165, 1.54) is 22.7 Å². The van der Waals surface area contributed by atoms with Crippen LogP contribution in [-0.4, -0.2) is 5.78 Å². The second kappa shape index (κ2) is 4.78. The summed E-state index contributed by atoms with van der Waals surface area (Å²) in [6.45, 7) is 1.88. The molecule has 16 heavy (non-hydrogen) atoms. The fourth-order valence-electron chi connectivity index (χ4n) is 1.15. The maximum atomic E-state index is 12.1. The number of rotatable bonds is 2. The minimum Gasteiger partial charge on any atom is -0.287 e. The van der Waals surface area contributed by atoms with Gasteiger partial charge in [0.1, 0.15) is 0 Å². The summed E-state index contributed by atoms with van der Waals surface area (Å²) in [7, 11) is 0. The number of carbonyl (C=O) groups is 1. The maximum Gasteiger partial charge on any atom is 0.214 e. The molecule has 0 aliphatic rings. The van der Waals surface area contributed by atoms with Crippen LogP contribution in [0.1, 0.15) is 20.1 Å². The lowest BCUT2D eigenvalue weighted by Gasteiger charge is -1.94. The first-order valence-electron chi connectivity index (χ1n) is 4.24. The SMILES string of the molecule is Cc1csc(C(=O)c2cc(Cl)c(Br)s2)c1Cl. The highest BCUT2D eigenvalue weighted by Crippen LogP contribution is 2.36. The van der Waals surface area contributed by atoms with Gasteiger partial charge in [0.2, 0.25) is 5.78 Å². The van der Waals surface area contributed by atoms with E-state index in [4.69, 9.17) is 23.2 Å². The van der Waals surface area contributed by atoms with E-state index in [1.807, 2.05) is 12.3 Å². The van der Waals surface area contributed by atoms with Gasteiger partial charge in [-0.1, -0.05) is 23.2 Å². The monoisotopic (exact) mass is 354 g/mol. The first kappa shape index (κ1) is 12.6. The van der Waals surface area contributed by atoms with Crippen molar-refractivity contribution in [2.24, 2.45) is 0 Å². The van der Waals surface area contributed by atoms with E-state index in [1.54, 1.807) is 6.07 Å². The van der Waals surface area contributed by atoms with Crippen LogP contribution in [-0.2, 0) is 0 Å². The molecule has 0 amide bonds. The zero-order valence-corrected chi connectivity index (χ0v) is 12.7. The summed E-state index contributed by atoms with van der Waals surface area (Å²) in [6, 6.07) is 1.66. The van der Waals surface area contributed by atoms with Gasteiger partial charge in [-0.3, -0.25) is 4.79 Å². The average Bonchev–Trinajstić information content (AvgIpc) is 2.73. The van der Waals surface area contributed by atoms with Crippen molar-refractivity contribution in [2.45, 2.75) is 6.92 Å². The summed E-state index contributed by atoms with van der Waals surface area (Å²) < 4.78 is 0.766. The van der Waals surface area contributed by atoms with Gasteiger partial charge >= 0.3 is 0 Å². The van der Waals surface area contributed by atoms with Crippen molar-refractivity contribution < 1.29 is 4.79 Å². The van der Waals surface area contributed by atoms with Crippen molar-refractivity contribution in [3.05, 3.63) is 40.6 Å². The first-order chi connectivity index (χ1) is 7.50. The van der Waals surface area contributed by atoms with Gasteiger partial charge < -0.3 is 0 Å². The third kappa shape index (κ3) is 2.22. The van der Waals surface area contributed by atoms with E-state index < -0.39 is 0 Å². The molecule has 1 nitrogen and oxygen atoms in total. The Balaban J connectivity index is 2.43. The third-order valence-electron chi connectivity index (χ3n) is 1.97. The highest BCUT2D eigenvalue weighted by Gasteiger charge is 2.19. The molecule has 0 aliphatic carbocycles. The van der Waals surface area contributed by atoms with Crippen LogP contribution in [0.3, 0.4) is 0 Å². The molecule has 0 bridgehead atoms. The molecule has 0 unspecified atom stereocenters. The van der Waals surface area contributed by atoms with Gasteiger partial charge in [-0.15, -0.1) is 22.7 Å². The van der Waals surface area contributed by atoms with Gasteiger partial charge in [-0.2, -0.15) is 0 Å². The molecule has 0 fully saturated rings. The Morgan fingerprint density at radius 1 is 1.44 bits per heavy atom. The van der Waals surface area contributed by atoms with Crippen LogP contribution < -0.4 is 0 Å². The van der Waals surface area contributed by atoms with Crippen LogP contribution in [0.5, 0.6) is 0 Å². The van der Waals surface area contributed by atoms with E-state index in [2.05, 4.69) is 15.9 Å². The lowest BCUT2D eigenvalue weighted by molar-refractivity contribution is 0.104. The molecule has 0 atom stereocenters. The first-order valence-corrected chi connectivity index (χ1v) is 7.48. The molecule has 2 heterocycles. The van der Waals surface area contributed by atoms with Gasteiger partial charge in [0.05, 0.1) is 23.6 Å². The van der Waals surface area contributed by atoms with Gasteiger partial charge in [-0.25, -0.2) is 0 Å². The molecule has 0 spiro atoms. The molecule has 0 N–H and O–H groups in total. The zero-order valence-electron chi connectivity index (χ0n) is 8.01. The van der Waals surface area contributed by atoms with Crippen LogP contribution in [0, 0.1) is 6.92 Å². The Kier molecular flexibility index (Phi) is 3.76. The van der Waals surface area contributed by atoms with Gasteiger partial charge in [0.25, 0.3) is 0 Å². The van der Waals surface area contributed by atoms with E-state index in [9.17, 15) is 4.79 Å². The van der Waals surface area contributed by atoms with Gasteiger partial charge in [0, 0.05) is 0 Å². The van der Waals surface area contributed by atoms with E-state index >= 15 is 0 Å². The van der Waals surface area contributed by atoms with Crippen LogP contribution in [0.2, 0.25) is 10.0 Å². The summed E-state index contributed by atoms with van der Waals surface area (Å²) in [5, 5.41) is 2.97. The van der Waals surface area contributed by atoms with E-state index in [0.717, 1.165) is 9.35 Å². The largest absolute Gasteiger partial charge is 0.287 e. The Labute approximate surface area is 119 Å². The normalized spacial score (nSPS) is 10.8. The van der Waals surface area contributed by atoms with Crippen molar-refractivity contribution in [1.29, 1.82) is 0 Å². The highest BCUT2D eigenvalue weighted by atomic mass is 79.9. The summed E-state index contributed by atoms with van der Waals surface area (Å²) in [5.74, 6) is -0.0688. The smallest absolute Gasteiger partial charge is 0.214 e. The van der Waals surface area contributed by atoms with Crippen molar-refractivity contribution in [3.8, 4) is 0 Å². The summed E-state index contributed by atoms with van der Waals surface area (Å²) >= 11 is 17.9. The molecule has 2 aromatic heterocycles. The van der Waals surface area contributed by atoms with Crippen LogP contribution in [0.15, 0.2) is 15.2 Å². The molecule has 0 saturated heterocycles. The van der Waals surface area contributed by atoms with E-state index in [-0.39, 0.29) is 5.78 Å². The van der Waals surface area contributed by atoms with Gasteiger partial charge in [-0.05, 0) is 39.9 Å². The molecular weight excluding hydrogens is 351 g/mol. The Morgan fingerprint density at radius 3 is 2.56 bits per heavy atom. The number of carbonyl (C=O) groups excluding carboxylic acids is 1. The van der Waals surface area contributed by atoms with Crippen LogP contribution in [0.4, 0.5) is 0 Å². The Hall–Kier alpha value is 0.130. The maximum absolute atomic E-state index is 12.1. The van der Waals surface area contributed by atoms with Crippen molar-refractivity contribution in [2.75, 3.05) is 0 Å². The third-order valence-corrected chi connectivity index (χ3v) is 6.14. The molecular formula is C10H5BrCl2OS2. The Bertz CT molecular complexity index is 540. The predicted octanol–water partition coefficient (Wildman–Crippen LogP) is 5.42. The predicted molar refractivity (Wildman–Crippen MR) is 74.5 cm³/mol. The fraction of sp³-hybridized carbons (Fsp3) is 0.100. The minimum atomic E-state index is -0.0688. The van der Waals surface area contributed by atoms with Crippen molar-refractivity contribution in [3.63, 3.8) is 0 Å². The highest BCUT2D eigenvalue weighted by molar-refractivity contribution is 9.11. The Morgan fingerprint density at radius 2 is 2.12 bits per heavy atom. The number of hydrogen-bond acceptors (Lipinski definition) is 3. The van der Waals surface area contributed by atoms with E-state index in [0.29, 0.717) is 19.8 Å². The average molecular weight is 356 g/mol. The molecule has 0 aliphatic heterocycles. The fourth-order valence-corrected chi connectivity index (χ4v) is 4.10. The minimum absolute atomic E-state index is 0.0688. The van der Waals surface area contributed by atoms with Crippen LogP contribution >= 0.6 is 61.8 Å². The molecule has 2 rings (SSSR count). The lowest BCUT2D eigenvalue weighted by Crippen LogP contribution is -1.95. The molecule has 0 aromatic carbocycles. The topological polar surface area (TPSA) is 17.1 Å². The number of aryl methyl sites for hydroxylation is 1. The zero-order chi connectivity index (χ0) is 11.9. The number of halogens is 3. The standard InChI is InChI=1S/C10H5BrCl2OS2/c1-4-3-15-9(7(4)13)8(14)6-2-5(12)10(11)16-6/h2-3H,1H3. The molecule has 0 radical (unpaired) electrons. The van der Waals surface area contributed by atoms with Crippen molar-refractivity contribution >= 4 is 67.6 Å². The number of ketones is 1. The molecule has 6 heteroatoms. The number of thiophene rings is 2. The van der Waals surface area contributed by atoms with Crippen LogP contribution in [0.25, 0.3) is 0 Å². The second-order valence-corrected chi connectivity index (χ2v) is 7.16. The summed E-state index contributed by atoms with van der Waals surface area (Å²) in [6.07, 6.45) is 0. The van der Waals surface area contributed by atoms with Gasteiger partial charge in [0.15, 0.2) is 0 Å². The molecule has 2 aromatic rings. The second-order valence-electron chi connectivity index (χ2n) is 3.12. The lowest BCUT2D eigenvalue weighted by atomic mass is 10.2. The number of hydrogen-bond donors (Lipinski definition) is 0. The molecule has 84 valence electrons. The quantitative estimate of drug-likeness (QED) is 0.657.